The number of nitrogens with one attached hydrogen (secondary N) is 1. The summed E-state index contributed by atoms with van der Waals surface area (Å²) in [7, 11) is 0. The molecule has 0 amide bonds. The number of rotatable bonds is 7. The van der Waals surface area contributed by atoms with E-state index in [4.69, 9.17) is 10.9 Å². The zero-order chi connectivity index (χ0) is 13.4. The molecule has 4 nitrogen and oxygen atoms in total. The largest absolute Gasteiger partial charge is 0.409 e. The predicted molar refractivity (Wildman–Crippen MR) is 74.9 cm³/mol. The Morgan fingerprint density at radius 1 is 1.39 bits per heavy atom. The SMILES string of the molecule is CCCCCNCc1ccc(/C(N)=N/O)cc1C. The van der Waals surface area contributed by atoms with Crippen molar-refractivity contribution in [3.8, 4) is 0 Å². The molecule has 0 aromatic heterocycles. The quantitative estimate of drug-likeness (QED) is 0.228. The summed E-state index contributed by atoms with van der Waals surface area (Å²) in [4.78, 5) is 0. The second kappa shape index (κ2) is 7.71. The van der Waals surface area contributed by atoms with Crippen LogP contribution < -0.4 is 11.1 Å². The Kier molecular flexibility index (Phi) is 6.22. The van der Waals surface area contributed by atoms with Crippen LogP contribution in [0.3, 0.4) is 0 Å². The third-order valence-corrected chi connectivity index (χ3v) is 3.02. The third kappa shape index (κ3) is 4.37. The first-order valence-electron chi connectivity index (χ1n) is 6.47. The lowest BCUT2D eigenvalue weighted by atomic mass is 10.0. The van der Waals surface area contributed by atoms with Crippen molar-refractivity contribution in [2.75, 3.05) is 6.54 Å². The van der Waals surface area contributed by atoms with Gasteiger partial charge in [-0.05, 0) is 37.1 Å². The minimum absolute atomic E-state index is 0.153. The monoisotopic (exact) mass is 249 g/mol. The lowest BCUT2D eigenvalue weighted by Gasteiger charge is -2.09. The van der Waals surface area contributed by atoms with E-state index in [1.165, 1.54) is 24.8 Å². The summed E-state index contributed by atoms with van der Waals surface area (Å²) in [5, 5.41) is 15.1. The minimum Gasteiger partial charge on any atom is -0.409 e. The Balaban J connectivity index is 2.52. The lowest BCUT2D eigenvalue weighted by Crippen LogP contribution is -2.17. The average molecular weight is 249 g/mol. The Morgan fingerprint density at radius 2 is 2.17 bits per heavy atom. The van der Waals surface area contributed by atoms with E-state index in [1.54, 1.807) is 0 Å². The maximum absolute atomic E-state index is 8.62. The molecule has 0 heterocycles. The van der Waals surface area contributed by atoms with Crippen LogP contribution in [-0.2, 0) is 6.54 Å². The van der Waals surface area contributed by atoms with Gasteiger partial charge in [0.1, 0.15) is 0 Å². The van der Waals surface area contributed by atoms with Crippen LogP contribution in [0.15, 0.2) is 23.4 Å². The fourth-order valence-corrected chi connectivity index (χ4v) is 1.83. The molecule has 18 heavy (non-hydrogen) atoms. The van der Waals surface area contributed by atoms with Gasteiger partial charge in [0.2, 0.25) is 0 Å². The molecule has 0 unspecified atom stereocenters. The molecular formula is C14H23N3O. The van der Waals surface area contributed by atoms with Gasteiger partial charge < -0.3 is 16.3 Å². The Labute approximate surface area is 109 Å². The van der Waals surface area contributed by atoms with Crippen molar-refractivity contribution in [3.63, 3.8) is 0 Å². The van der Waals surface area contributed by atoms with Crippen LogP contribution in [0.25, 0.3) is 0 Å². The number of oxime groups is 1. The molecule has 0 aliphatic heterocycles. The smallest absolute Gasteiger partial charge is 0.170 e. The number of unbranched alkanes of at least 4 members (excludes halogenated alkanes) is 2. The lowest BCUT2D eigenvalue weighted by molar-refractivity contribution is 0.318. The van der Waals surface area contributed by atoms with E-state index >= 15 is 0 Å². The first-order valence-corrected chi connectivity index (χ1v) is 6.47. The summed E-state index contributed by atoms with van der Waals surface area (Å²) in [5.74, 6) is 0.153. The van der Waals surface area contributed by atoms with E-state index in [0.717, 1.165) is 24.2 Å². The molecule has 0 atom stereocenters. The molecule has 0 radical (unpaired) electrons. The van der Waals surface area contributed by atoms with Crippen molar-refractivity contribution in [2.24, 2.45) is 10.9 Å². The second-order valence-corrected chi connectivity index (χ2v) is 4.51. The van der Waals surface area contributed by atoms with Gasteiger partial charge in [-0.2, -0.15) is 0 Å². The molecule has 1 rings (SSSR count). The van der Waals surface area contributed by atoms with E-state index in [2.05, 4.69) is 17.4 Å². The molecule has 0 fully saturated rings. The topological polar surface area (TPSA) is 70.6 Å². The Bertz CT molecular complexity index is 402. The van der Waals surface area contributed by atoms with Crippen molar-refractivity contribution in [3.05, 3.63) is 34.9 Å². The maximum Gasteiger partial charge on any atom is 0.170 e. The van der Waals surface area contributed by atoms with Gasteiger partial charge in [0, 0.05) is 12.1 Å². The molecule has 4 N–H and O–H groups in total. The van der Waals surface area contributed by atoms with Crippen molar-refractivity contribution >= 4 is 5.84 Å². The summed E-state index contributed by atoms with van der Waals surface area (Å²) in [6.07, 6.45) is 3.74. The molecule has 100 valence electrons. The number of hydrogen-bond acceptors (Lipinski definition) is 3. The van der Waals surface area contributed by atoms with Crippen molar-refractivity contribution in [2.45, 2.75) is 39.7 Å². The van der Waals surface area contributed by atoms with Crippen LogP contribution in [0.5, 0.6) is 0 Å². The standard InChI is InChI=1S/C14H23N3O/c1-3-4-5-8-16-10-13-7-6-12(9-11(13)2)14(15)17-18/h6-7,9,16,18H,3-5,8,10H2,1-2H3,(H2,15,17). The van der Waals surface area contributed by atoms with Crippen molar-refractivity contribution in [1.29, 1.82) is 0 Å². The van der Waals surface area contributed by atoms with E-state index in [9.17, 15) is 0 Å². The Hall–Kier alpha value is -1.55. The number of nitrogens with two attached hydrogens (primary N) is 1. The van der Waals surface area contributed by atoms with Gasteiger partial charge in [0.25, 0.3) is 0 Å². The predicted octanol–water partition coefficient (Wildman–Crippen LogP) is 2.37. The number of nitrogens with zero attached hydrogens (tertiary/aromatic N) is 1. The van der Waals surface area contributed by atoms with Crippen LogP contribution >= 0.6 is 0 Å². The molecule has 0 aliphatic rings. The minimum atomic E-state index is 0.153. The summed E-state index contributed by atoms with van der Waals surface area (Å²) in [6.45, 7) is 6.16. The normalized spacial score (nSPS) is 11.8. The number of benzene rings is 1. The molecule has 1 aromatic carbocycles. The highest BCUT2D eigenvalue weighted by atomic mass is 16.4. The van der Waals surface area contributed by atoms with Gasteiger partial charge in [-0.25, -0.2) is 0 Å². The number of hydrogen-bond donors (Lipinski definition) is 3. The first-order chi connectivity index (χ1) is 8.69. The van der Waals surface area contributed by atoms with Gasteiger partial charge in [-0.15, -0.1) is 0 Å². The van der Waals surface area contributed by atoms with E-state index in [0.29, 0.717) is 0 Å². The molecular weight excluding hydrogens is 226 g/mol. The Morgan fingerprint density at radius 3 is 2.78 bits per heavy atom. The van der Waals surface area contributed by atoms with E-state index in [-0.39, 0.29) is 5.84 Å². The van der Waals surface area contributed by atoms with Crippen LogP contribution in [-0.4, -0.2) is 17.6 Å². The highest BCUT2D eigenvalue weighted by molar-refractivity contribution is 5.97. The average Bonchev–Trinajstić information content (AvgIpc) is 2.39. The first kappa shape index (κ1) is 14.5. The van der Waals surface area contributed by atoms with Crippen LogP contribution in [0.2, 0.25) is 0 Å². The van der Waals surface area contributed by atoms with E-state index < -0.39 is 0 Å². The summed E-state index contributed by atoms with van der Waals surface area (Å²) >= 11 is 0. The van der Waals surface area contributed by atoms with Crippen LogP contribution in [0.1, 0.15) is 42.9 Å². The molecule has 1 aromatic rings. The zero-order valence-corrected chi connectivity index (χ0v) is 11.2. The van der Waals surface area contributed by atoms with Crippen molar-refractivity contribution in [1.82, 2.24) is 5.32 Å². The molecule has 0 saturated heterocycles. The maximum atomic E-state index is 8.62. The van der Waals surface area contributed by atoms with Gasteiger partial charge in [0.05, 0.1) is 0 Å². The number of aryl methyl sites for hydroxylation is 1. The summed E-state index contributed by atoms with van der Waals surface area (Å²) in [6, 6.07) is 5.85. The molecule has 0 bridgehead atoms. The second-order valence-electron chi connectivity index (χ2n) is 4.51. The zero-order valence-electron chi connectivity index (χ0n) is 11.2. The van der Waals surface area contributed by atoms with Crippen LogP contribution in [0.4, 0.5) is 0 Å². The summed E-state index contributed by atoms with van der Waals surface area (Å²) in [5.41, 5.74) is 8.71. The highest BCUT2D eigenvalue weighted by Gasteiger charge is 2.03. The molecule has 4 heteroatoms. The molecule has 0 aliphatic carbocycles. The summed E-state index contributed by atoms with van der Waals surface area (Å²) < 4.78 is 0. The molecule has 0 saturated carbocycles. The van der Waals surface area contributed by atoms with Gasteiger partial charge in [-0.3, -0.25) is 0 Å². The van der Waals surface area contributed by atoms with Gasteiger partial charge in [0.15, 0.2) is 5.84 Å². The number of amidine groups is 1. The molecule has 0 spiro atoms. The fraction of sp³-hybridized carbons (Fsp3) is 0.500. The highest BCUT2D eigenvalue weighted by Crippen LogP contribution is 2.11. The van der Waals surface area contributed by atoms with Gasteiger partial charge in [-0.1, -0.05) is 37.1 Å². The van der Waals surface area contributed by atoms with Gasteiger partial charge >= 0.3 is 0 Å². The third-order valence-electron chi connectivity index (χ3n) is 3.02. The fourth-order valence-electron chi connectivity index (χ4n) is 1.83. The van der Waals surface area contributed by atoms with Crippen LogP contribution in [0, 0.1) is 6.92 Å². The van der Waals surface area contributed by atoms with Crippen molar-refractivity contribution < 1.29 is 5.21 Å². The van der Waals surface area contributed by atoms with E-state index in [1.807, 2.05) is 25.1 Å².